The highest BCUT2D eigenvalue weighted by molar-refractivity contribution is 5.96. The third kappa shape index (κ3) is 10.5. The highest BCUT2D eigenvalue weighted by atomic mass is 16.5. The number of nitrogens with one attached hydrogen (secondary N) is 4. The number of carbonyl (C=O) groups excluding carboxylic acids is 6. The molecular weight excluding hydrogens is 654 g/mol. The van der Waals surface area contributed by atoms with Crippen molar-refractivity contribution in [2.45, 2.75) is 83.0 Å². The Morgan fingerprint density at radius 3 is 2.41 bits per heavy atom. The van der Waals surface area contributed by atoms with Crippen molar-refractivity contribution in [1.29, 1.82) is 0 Å². The zero-order valence-electron chi connectivity index (χ0n) is 29.5. The number of nitrogens with two attached hydrogens (primary N) is 1. The fourth-order valence-corrected chi connectivity index (χ4v) is 6.39. The minimum Gasteiger partial charge on any atom is -0.464 e. The number of ether oxygens (including phenoxy) is 1. The molecule has 4 atom stereocenters. The molecule has 1 fully saturated rings. The van der Waals surface area contributed by atoms with E-state index in [4.69, 9.17) is 10.5 Å². The first-order valence-corrected chi connectivity index (χ1v) is 17.4. The molecule has 0 spiro atoms. The number of piperidine rings is 1. The average Bonchev–Trinajstić information content (AvgIpc) is 3.53. The van der Waals surface area contributed by atoms with Crippen LogP contribution in [0, 0.1) is 0 Å². The maximum atomic E-state index is 14.2. The summed E-state index contributed by atoms with van der Waals surface area (Å²) in [5.41, 5.74) is 7.66. The number of likely N-dealkylation sites (N-methyl/N-ethyl adjacent to an activating group) is 1. The Balaban J connectivity index is 1.59. The van der Waals surface area contributed by atoms with E-state index in [1.165, 1.54) is 16.7 Å². The van der Waals surface area contributed by atoms with Gasteiger partial charge in [0.15, 0.2) is 0 Å². The van der Waals surface area contributed by atoms with Gasteiger partial charge in [-0.1, -0.05) is 48.5 Å². The van der Waals surface area contributed by atoms with E-state index in [0.29, 0.717) is 32.2 Å². The number of aromatic amines is 1. The molecule has 3 aromatic rings. The van der Waals surface area contributed by atoms with Crippen LogP contribution < -0.4 is 21.7 Å². The Kier molecular flexibility index (Phi) is 14.0. The Hall–Kier alpha value is -5.40. The Morgan fingerprint density at radius 2 is 1.71 bits per heavy atom. The highest BCUT2D eigenvalue weighted by Gasteiger charge is 2.39. The number of hydrogen-bond acceptors (Lipinski definition) is 7. The molecule has 2 heterocycles. The number of rotatable bonds is 16. The van der Waals surface area contributed by atoms with Crippen LogP contribution in [-0.4, -0.2) is 101 Å². The molecule has 0 aliphatic carbocycles. The lowest BCUT2D eigenvalue weighted by atomic mass is 9.96. The minimum atomic E-state index is -1.13. The minimum absolute atomic E-state index is 0.0880. The van der Waals surface area contributed by atoms with Crippen LogP contribution in [0.1, 0.15) is 57.1 Å². The molecular formula is C37H49N7O7. The fraction of sp³-hybridized carbons (Fsp3) is 0.459. The number of urea groups is 1. The van der Waals surface area contributed by atoms with Gasteiger partial charge in [0, 0.05) is 57.0 Å². The largest absolute Gasteiger partial charge is 0.464 e. The average molecular weight is 704 g/mol. The second-order valence-electron chi connectivity index (χ2n) is 12.7. The summed E-state index contributed by atoms with van der Waals surface area (Å²) in [7, 11) is 1.58. The van der Waals surface area contributed by atoms with E-state index in [-0.39, 0.29) is 44.2 Å². The van der Waals surface area contributed by atoms with E-state index >= 15 is 0 Å². The smallest absolute Gasteiger partial charge is 0.328 e. The predicted octanol–water partition coefficient (Wildman–Crippen LogP) is 2.16. The van der Waals surface area contributed by atoms with E-state index in [0.717, 1.165) is 22.0 Å². The number of hydrogen-bond donors (Lipinski definition) is 5. The van der Waals surface area contributed by atoms with E-state index < -0.39 is 48.0 Å². The van der Waals surface area contributed by atoms with Crippen molar-refractivity contribution >= 4 is 46.5 Å². The van der Waals surface area contributed by atoms with Gasteiger partial charge in [0.2, 0.25) is 23.6 Å². The third-order valence-corrected chi connectivity index (χ3v) is 9.20. The molecule has 4 rings (SSSR count). The number of likely N-dealkylation sites (tertiary alicyclic amines) is 1. The number of amides is 6. The predicted molar refractivity (Wildman–Crippen MR) is 191 cm³/mol. The van der Waals surface area contributed by atoms with Gasteiger partial charge >= 0.3 is 12.0 Å². The molecule has 0 unspecified atom stereocenters. The number of benzene rings is 2. The first-order chi connectivity index (χ1) is 24.5. The number of H-pyrrole nitrogens is 1. The lowest BCUT2D eigenvalue weighted by molar-refractivity contribution is -0.150. The van der Waals surface area contributed by atoms with E-state index in [1.54, 1.807) is 20.2 Å². The molecule has 0 radical (unpaired) electrons. The molecule has 14 nitrogen and oxygen atoms in total. The van der Waals surface area contributed by atoms with Crippen molar-refractivity contribution in [3.05, 3.63) is 71.9 Å². The van der Waals surface area contributed by atoms with Gasteiger partial charge in [-0.05, 0) is 56.2 Å². The summed E-state index contributed by atoms with van der Waals surface area (Å²) in [6.45, 7) is 3.65. The van der Waals surface area contributed by atoms with E-state index in [1.807, 2.05) is 54.6 Å². The van der Waals surface area contributed by atoms with Crippen molar-refractivity contribution in [2.75, 3.05) is 26.7 Å². The first-order valence-electron chi connectivity index (χ1n) is 17.4. The molecule has 0 bridgehead atoms. The van der Waals surface area contributed by atoms with Crippen molar-refractivity contribution in [3.63, 3.8) is 0 Å². The highest BCUT2D eigenvalue weighted by Crippen LogP contribution is 2.23. The maximum Gasteiger partial charge on any atom is 0.328 e. The van der Waals surface area contributed by atoms with Crippen molar-refractivity contribution < 1.29 is 33.5 Å². The SMILES string of the molecule is CCOC(=O)[C@H](CCCNC(N)=O)NC(=O)[C@H](Cc1c[nH]c2ccccc12)NC(=O)[C@@H]1CCCCN1C(=O)[C@H](Cc1ccccc1)N(C)C(C)=O. The molecule has 6 N–H and O–H groups in total. The first kappa shape index (κ1) is 38.4. The zero-order chi connectivity index (χ0) is 36.9. The van der Waals surface area contributed by atoms with Crippen LogP contribution in [0.4, 0.5) is 4.79 Å². The van der Waals surface area contributed by atoms with Crippen molar-refractivity contribution in [1.82, 2.24) is 30.7 Å². The summed E-state index contributed by atoms with van der Waals surface area (Å²) < 4.78 is 5.21. The van der Waals surface area contributed by atoms with Gasteiger partial charge in [0.1, 0.15) is 24.2 Å². The lowest BCUT2D eigenvalue weighted by Gasteiger charge is -2.39. The summed E-state index contributed by atoms with van der Waals surface area (Å²) in [5, 5.41) is 9.00. The summed E-state index contributed by atoms with van der Waals surface area (Å²) in [6, 6.07) is 12.3. The van der Waals surface area contributed by atoms with Gasteiger partial charge in [-0.2, -0.15) is 0 Å². The zero-order valence-corrected chi connectivity index (χ0v) is 29.5. The van der Waals surface area contributed by atoms with Gasteiger partial charge in [0.25, 0.3) is 0 Å². The number of carbonyl (C=O) groups is 6. The molecule has 51 heavy (non-hydrogen) atoms. The topological polar surface area (TPSA) is 196 Å². The van der Waals surface area contributed by atoms with E-state index in [9.17, 15) is 28.8 Å². The summed E-state index contributed by atoms with van der Waals surface area (Å²) in [6.07, 6.45) is 4.36. The summed E-state index contributed by atoms with van der Waals surface area (Å²) in [5.74, 6) is -2.39. The van der Waals surface area contributed by atoms with Crippen LogP contribution in [0.3, 0.4) is 0 Å². The molecule has 1 aromatic heterocycles. The summed E-state index contributed by atoms with van der Waals surface area (Å²) >= 11 is 0. The fourth-order valence-electron chi connectivity index (χ4n) is 6.39. The van der Waals surface area contributed by atoms with Crippen LogP contribution in [-0.2, 0) is 41.6 Å². The number of aromatic nitrogens is 1. The molecule has 6 amide bonds. The summed E-state index contributed by atoms with van der Waals surface area (Å²) in [4.78, 5) is 85.1. The number of para-hydroxylation sites is 1. The normalized spacial score (nSPS) is 16.0. The standard InChI is InChI=1S/C37H49N7O7/c1-4-51-36(49)29(17-12-19-39-37(38)50)41-33(46)30(22-26-23-40-28-16-9-8-15-27(26)28)42-34(47)31-18-10-11-20-44(31)35(48)32(43(3)24(2)45)21-25-13-6-5-7-14-25/h5-9,13-16,23,29-32,40H,4,10-12,17-22H2,1-3H3,(H,41,46)(H,42,47)(H3,38,39,50)/t29-,30-,31-,32-/m0/s1. The number of nitrogens with zero attached hydrogens (tertiary/aromatic N) is 2. The third-order valence-electron chi connectivity index (χ3n) is 9.20. The Bertz CT molecular complexity index is 1680. The van der Waals surface area contributed by atoms with Crippen molar-refractivity contribution in [2.24, 2.45) is 5.73 Å². The molecule has 2 aromatic carbocycles. The molecule has 1 aliphatic heterocycles. The van der Waals surface area contributed by atoms with Gasteiger partial charge in [-0.3, -0.25) is 19.2 Å². The maximum absolute atomic E-state index is 14.2. The van der Waals surface area contributed by atoms with Crippen LogP contribution in [0.15, 0.2) is 60.8 Å². The number of primary amides is 1. The monoisotopic (exact) mass is 703 g/mol. The van der Waals surface area contributed by atoms with Crippen LogP contribution in [0.5, 0.6) is 0 Å². The van der Waals surface area contributed by atoms with Crippen LogP contribution in [0.2, 0.25) is 0 Å². The molecule has 1 aliphatic rings. The van der Waals surface area contributed by atoms with Gasteiger partial charge < -0.3 is 41.2 Å². The Labute approximate surface area is 297 Å². The quantitative estimate of drug-likeness (QED) is 0.111. The molecule has 1 saturated heterocycles. The number of esters is 1. The number of fused-ring (bicyclic) bond motifs is 1. The van der Waals surface area contributed by atoms with Gasteiger partial charge in [-0.25, -0.2) is 9.59 Å². The molecule has 14 heteroatoms. The van der Waals surface area contributed by atoms with Crippen LogP contribution in [0.25, 0.3) is 10.9 Å². The molecule has 0 saturated carbocycles. The van der Waals surface area contributed by atoms with Gasteiger partial charge in [0.05, 0.1) is 6.61 Å². The van der Waals surface area contributed by atoms with E-state index in [2.05, 4.69) is 20.9 Å². The lowest BCUT2D eigenvalue weighted by Crippen LogP contribution is -2.60. The second kappa shape index (κ2) is 18.6. The second-order valence-corrected chi connectivity index (χ2v) is 12.7. The van der Waals surface area contributed by atoms with Crippen molar-refractivity contribution in [3.8, 4) is 0 Å². The Morgan fingerprint density at radius 1 is 0.980 bits per heavy atom. The molecule has 274 valence electrons. The van der Waals surface area contributed by atoms with Crippen LogP contribution >= 0.6 is 0 Å². The van der Waals surface area contributed by atoms with Gasteiger partial charge in [-0.15, -0.1) is 0 Å².